The lowest BCUT2D eigenvalue weighted by atomic mass is 10.0. The van der Waals surface area contributed by atoms with Crippen LogP contribution in [0.25, 0.3) is 0 Å². The Morgan fingerprint density at radius 1 is 1.32 bits per heavy atom. The van der Waals surface area contributed by atoms with Crippen molar-refractivity contribution in [3.8, 4) is 0 Å². The van der Waals surface area contributed by atoms with Crippen molar-refractivity contribution in [3.05, 3.63) is 18.0 Å². The molecule has 1 saturated heterocycles. The van der Waals surface area contributed by atoms with Gasteiger partial charge in [0.2, 0.25) is 0 Å². The van der Waals surface area contributed by atoms with Crippen LogP contribution in [0, 0.1) is 5.92 Å². The van der Waals surface area contributed by atoms with Crippen LogP contribution in [0.4, 0.5) is 0 Å². The Bertz CT molecular complexity index is 536. The van der Waals surface area contributed by atoms with Gasteiger partial charge >= 0.3 is 0 Å². The van der Waals surface area contributed by atoms with Crippen LogP contribution in [0.1, 0.15) is 63.4 Å². The molecule has 2 fully saturated rings. The van der Waals surface area contributed by atoms with Crippen LogP contribution in [0.3, 0.4) is 0 Å². The van der Waals surface area contributed by atoms with Crippen molar-refractivity contribution >= 4 is 29.9 Å². The molecule has 0 amide bonds. The van der Waals surface area contributed by atoms with E-state index < -0.39 is 0 Å². The molecule has 25 heavy (non-hydrogen) atoms. The Morgan fingerprint density at radius 3 is 2.80 bits per heavy atom. The summed E-state index contributed by atoms with van der Waals surface area (Å²) in [6.45, 7) is 6.21. The number of hydrogen-bond acceptors (Lipinski definition) is 2. The number of halogens is 1. The van der Waals surface area contributed by atoms with Crippen LogP contribution in [0.5, 0.6) is 0 Å². The van der Waals surface area contributed by atoms with E-state index in [1.54, 1.807) is 0 Å². The first-order chi connectivity index (χ1) is 11.8. The van der Waals surface area contributed by atoms with Crippen molar-refractivity contribution in [2.45, 2.75) is 57.8 Å². The van der Waals surface area contributed by atoms with E-state index in [1.807, 2.05) is 17.9 Å². The van der Waals surface area contributed by atoms with E-state index in [4.69, 9.17) is 4.99 Å². The third-order valence-electron chi connectivity index (χ3n) is 5.53. The number of hydrogen-bond donors (Lipinski definition) is 1. The Hall–Kier alpha value is -0.790. The number of aliphatic imine (C=N–C) groups is 1. The zero-order valence-corrected chi connectivity index (χ0v) is 18.1. The summed E-state index contributed by atoms with van der Waals surface area (Å²) in [6.07, 6.45) is 13.7. The molecule has 1 saturated carbocycles. The molecule has 0 bridgehead atoms. The lowest BCUT2D eigenvalue weighted by Gasteiger charge is -2.21. The van der Waals surface area contributed by atoms with Crippen LogP contribution in [0.15, 0.2) is 17.4 Å². The van der Waals surface area contributed by atoms with Crippen LogP contribution in [-0.4, -0.2) is 46.8 Å². The molecule has 2 aliphatic rings. The molecule has 1 aliphatic carbocycles. The molecule has 142 valence electrons. The molecule has 0 radical (unpaired) electrons. The molecule has 1 atom stereocenters. The highest BCUT2D eigenvalue weighted by molar-refractivity contribution is 14.0. The summed E-state index contributed by atoms with van der Waals surface area (Å²) in [5, 5.41) is 7.80. The van der Waals surface area contributed by atoms with Gasteiger partial charge in [0.15, 0.2) is 5.96 Å². The summed E-state index contributed by atoms with van der Waals surface area (Å²) in [4.78, 5) is 7.33. The molecule has 2 heterocycles. The molecule has 1 unspecified atom stereocenters. The first-order valence-electron chi connectivity index (χ1n) is 9.78. The monoisotopic (exact) mass is 459 g/mol. The summed E-state index contributed by atoms with van der Waals surface area (Å²) in [7, 11) is 1.99. The third-order valence-corrected chi connectivity index (χ3v) is 5.53. The fourth-order valence-electron chi connectivity index (χ4n) is 4.17. The van der Waals surface area contributed by atoms with Crippen molar-refractivity contribution in [2.75, 3.05) is 26.2 Å². The van der Waals surface area contributed by atoms with E-state index >= 15 is 0 Å². The second-order valence-corrected chi connectivity index (χ2v) is 7.41. The minimum absolute atomic E-state index is 0. The van der Waals surface area contributed by atoms with Crippen LogP contribution in [-0.2, 0) is 7.05 Å². The highest BCUT2D eigenvalue weighted by Crippen LogP contribution is 2.29. The Morgan fingerprint density at radius 2 is 2.12 bits per heavy atom. The molecule has 1 aromatic heterocycles. The second-order valence-electron chi connectivity index (χ2n) is 7.41. The van der Waals surface area contributed by atoms with Crippen molar-refractivity contribution in [3.63, 3.8) is 0 Å². The number of aromatic nitrogens is 2. The largest absolute Gasteiger partial charge is 0.357 e. The molecule has 6 heteroatoms. The van der Waals surface area contributed by atoms with Crippen molar-refractivity contribution in [1.82, 2.24) is 20.0 Å². The van der Waals surface area contributed by atoms with Gasteiger partial charge in [0.25, 0.3) is 0 Å². The van der Waals surface area contributed by atoms with E-state index in [2.05, 4.69) is 28.4 Å². The predicted octanol–water partition coefficient (Wildman–Crippen LogP) is 3.76. The maximum absolute atomic E-state index is 4.90. The van der Waals surface area contributed by atoms with Gasteiger partial charge < -0.3 is 10.2 Å². The number of aryl methyl sites for hydroxylation is 1. The van der Waals surface area contributed by atoms with Gasteiger partial charge in [-0.3, -0.25) is 9.67 Å². The maximum atomic E-state index is 4.90. The van der Waals surface area contributed by atoms with E-state index in [-0.39, 0.29) is 24.0 Å². The third kappa shape index (κ3) is 5.86. The molecule has 0 aromatic carbocycles. The van der Waals surface area contributed by atoms with Gasteiger partial charge in [0, 0.05) is 45.3 Å². The average Bonchev–Trinajstić information content (AvgIpc) is 3.31. The number of rotatable bonds is 6. The van der Waals surface area contributed by atoms with E-state index in [1.165, 1.54) is 50.5 Å². The van der Waals surface area contributed by atoms with Crippen molar-refractivity contribution < 1.29 is 0 Å². The number of likely N-dealkylation sites (tertiary alicyclic amines) is 1. The van der Waals surface area contributed by atoms with E-state index in [0.29, 0.717) is 5.92 Å². The molecular weight excluding hydrogens is 425 g/mol. The van der Waals surface area contributed by atoms with Gasteiger partial charge in [-0.05, 0) is 37.7 Å². The van der Waals surface area contributed by atoms with Gasteiger partial charge in [-0.25, -0.2) is 0 Å². The molecule has 1 aromatic rings. The van der Waals surface area contributed by atoms with Gasteiger partial charge in [0.1, 0.15) is 0 Å². The zero-order valence-electron chi connectivity index (χ0n) is 15.8. The minimum atomic E-state index is 0. The first-order valence-corrected chi connectivity index (χ1v) is 9.78. The Kier molecular flexibility index (Phi) is 8.52. The summed E-state index contributed by atoms with van der Waals surface area (Å²) >= 11 is 0. The van der Waals surface area contributed by atoms with Gasteiger partial charge in [-0.1, -0.05) is 25.7 Å². The summed E-state index contributed by atoms with van der Waals surface area (Å²) in [6, 6.07) is 0. The quantitative estimate of drug-likeness (QED) is 0.305. The average molecular weight is 459 g/mol. The molecule has 1 aliphatic heterocycles. The number of guanidine groups is 1. The van der Waals surface area contributed by atoms with Crippen LogP contribution < -0.4 is 5.32 Å². The Balaban J connectivity index is 0.00000225. The first kappa shape index (κ1) is 20.5. The number of nitrogens with zero attached hydrogens (tertiary/aromatic N) is 4. The minimum Gasteiger partial charge on any atom is -0.357 e. The molecule has 1 N–H and O–H groups in total. The normalized spacial score (nSPS) is 21.6. The Labute approximate surface area is 169 Å². The summed E-state index contributed by atoms with van der Waals surface area (Å²) in [5.41, 5.74) is 1.36. The molecular formula is C19H34IN5. The smallest absolute Gasteiger partial charge is 0.193 e. The number of nitrogens with one attached hydrogen (secondary N) is 1. The molecule has 5 nitrogen and oxygen atoms in total. The predicted molar refractivity (Wildman–Crippen MR) is 115 cm³/mol. The topological polar surface area (TPSA) is 45.5 Å². The standard InChI is InChI=1S/C19H33N5.HI/c1-3-20-19(21-11-6-9-16-7-4-5-8-16)24-12-10-17(15-24)18-13-22-23(2)14-18;/h13-14,16-17H,3-12,15H2,1-2H3,(H,20,21);1H. The second kappa shape index (κ2) is 10.4. The van der Waals surface area contributed by atoms with Crippen molar-refractivity contribution in [1.29, 1.82) is 0 Å². The lowest BCUT2D eigenvalue weighted by Crippen LogP contribution is -2.40. The zero-order chi connectivity index (χ0) is 16.8. The summed E-state index contributed by atoms with van der Waals surface area (Å²) in [5.74, 6) is 2.67. The fraction of sp³-hybridized carbons (Fsp3) is 0.789. The van der Waals surface area contributed by atoms with E-state index in [9.17, 15) is 0 Å². The fourth-order valence-corrected chi connectivity index (χ4v) is 4.17. The van der Waals surface area contributed by atoms with E-state index in [0.717, 1.165) is 38.1 Å². The van der Waals surface area contributed by atoms with Crippen LogP contribution in [0.2, 0.25) is 0 Å². The van der Waals surface area contributed by atoms with Gasteiger partial charge in [-0.2, -0.15) is 5.10 Å². The molecule has 0 spiro atoms. The molecule has 3 rings (SSSR count). The van der Waals surface area contributed by atoms with Gasteiger partial charge in [-0.15, -0.1) is 24.0 Å². The summed E-state index contributed by atoms with van der Waals surface area (Å²) < 4.78 is 1.90. The van der Waals surface area contributed by atoms with Crippen LogP contribution >= 0.6 is 24.0 Å². The SMILES string of the molecule is CCNC(=NCCCC1CCCC1)N1CCC(c2cnn(C)c2)C1.I. The maximum Gasteiger partial charge on any atom is 0.193 e. The van der Waals surface area contributed by atoms with Crippen molar-refractivity contribution in [2.24, 2.45) is 18.0 Å². The highest BCUT2D eigenvalue weighted by atomic mass is 127. The van der Waals surface area contributed by atoms with Gasteiger partial charge in [0.05, 0.1) is 6.20 Å². The highest BCUT2D eigenvalue weighted by Gasteiger charge is 2.26. The lowest BCUT2D eigenvalue weighted by molar-refractivity contribution is 0.473.